The number of nitrogens with one attached hydrogen (secondary N) is 2. The molecule has 1 aliphatic rings. The fraction of sp³-hybridized carbons (Fsp3) is 0.533. The number of carbonyl (C=O) groups excluding carboxylic acids is 2. The molecule has 126 valence electrons. The zero-order valence-corrected chi connectivity index (χ0v) is 14.5. The van der Waals surface area contributed by atoms with Crippen LogP contribution < -0.4 is 10.6 Å². The quantitative estimate of drug-likeness (QED) is 0.722. The first kappa shape index (κ1) is 17.8. The van der Waals surface area contributed by atoms with E-state index in [-0.39, 0.29) is 18.2 Å². The standard InChI is InChI=1S/C15H20N2O4S2/c1-10(18)16-11(12-3-2-6-23-12)9-13(19)17-15(14(20)21)4-7-22-8-5-15/h2-3,6,11H,4-5,7-9H2,1H3,(H,16,18)(H,17,19)(H,20,21). The van der Waals surface area contributed by atoms with Crippen LogP contribution in [0.25, 0.3) is 0 Å². The van der Waals surface area contributed by atoms with Crippen LogP contribution in [0.2, 0.25) is 0 Å². The minimum Gasteiger partial charge on any atom is -0.480 e. The predicted molar refractivity (Wildman–Crippen MR) is 90.6 cm³/mol. The maximum Gasteiger partial charge on any atom is 0.329 e. The van der Waals surface area contributed by atoms with E-state index in [1.807, 2.05) is 17.5 Å². The zero-order valence-electron chi connectivity index (χ0n) is 12.8. The summed E-state index contributed by atoms with van der Waals surface area (Å²) in [6.45, 7) is 1.40. The minimum atomic E-state index is -1.18. The number of hydrogen-bond acceptors (Lipinski definition) is 5. The summed E-state index contributed by atoms with van der Waals surface area (Å²) in [5, 5.41) is 16.8. The number of amides is 2. The van der Waals surface area contributed by atoms with Crippen molar-refractivity contribution in [2.75, 3.05) is 11.5 Å². The van der Waals surface area contributed by atoms with E-state index < -0.39 is 17.6 Å². The van der Waals surface area contributed by atoms with Crippen molar-refractivity contribution in [3.05, 3.63) is 22.4 Å². The summed E-state index contributed by atoms with van der Waals surface area (Å²) in [5.74, 6) is -0.137. The van der Waals surface area contributed by atoms with E-state index in [4.69, 9.17) is 0 Å². The van der Waals surface area contributed by atoms with Crippen LogP contribution in [0.1, 0.15) is 37.1 Å². The van der Waals surface area contributed by atoms with Crippen LogP contribution in [0, 0.1) is 0 Å². The number of thioether (sulfide) groups is 1. The third-order valence-electron chi connectivity index (χ3n) is 3.79. The average molecular weight is 356 g/mol. The zero-order chi connectivity index (χ0) is 16.9. The van der Waals surface area contributed by atoms with E-state index in [0.29, 0.717) is 24.3 Å². The molecule has 1 unspecified atom stereocenters. The lowest BCUT2D eigenvalue weighted by molar-refractivity contribution is -0.148. The fourth-order valence-corrected chi connectivity index (χ4v) is 4.54. The number of carboxylic acid groups (broad SMARTS) is 1. The largest absolute Gasteiger partial charge is 0.480 e. The number of thiophene rings is 1. The fourth-order valence-electron chi connectivity index (χ4n) is 2.57. The van der Waals surface area contributed by atoms with Gasteiger partial charge in [-0.25, -0.2) is 4.79 Å². The number of aliphatic carboxylic acids is 1. The van der Waals surface area contributed by atoms with Crippen LogP contribution in [-0.4, -0.2) is 39.9 Å². The van der Waals surface area contributed by atoms with Crippen molar-refractivity contribution in [3.63, 3.8) is 0 Å². The second kappa shape index (κ2) is 7.83. The molecule has 2 rings (SSSR count). The predicted octanol–water partition coefficient (Wildman–Crippen LogP) is 1.78. The summed E-state index contributed by atoms with van der Waals surface area (Å²) in [6.07, 6.45) is 0.868. The molecule has 3 N–H and O–H groups in total. The Morgan fingerprint density at radius 3 is 2.57 bits per heavy atom. The van der Waals surface area contributed by atoms with Gasteiger partial charge in [-0.15, -0.1) is 11.3 Å². The lowest BCUT2D eigenvalue weighted by Crippen LogP contribution is -2.56. The van der Waals surface area contributed by atoms with Crippen molar-refractivity contribution in [2.45, 2.75) is 37.8 Å². The van der Waals surface area contributed by atoms with E-state index in [2.05, 4.69) is 10.6 Å². The second-order valence-corrected chi connectivity index (χ2v) is 7.72. The lowest BCUT2D eigenvalue weighted by atomic mass is 9.92. The molecule has 2 amide bonds. The third kappa shape index (κ3) is 4.71. The number of hydrogen-bond donors (Lipinski definition) is 3. The van der Waals surface area contributed by atoms with E-state index in [1.165, 1.54) is 18.3 Å². The molecular formula is C15H20N2O4S2. The van der Waals surface area contributed by atoms with Crippen molar-refractivity contribution in [3.8, 4) is 0 Å². The first-order chi connectivity index (χ1) is 10.9. The van der Waals surface area contributed by atoms with Gasteiger partial charge in [0, 0.05) is 11.8 Å². The molecule has 1 fully saturated rings. The molecule has 0 saturated carbocycles. The average Bonchev–Trinajstić information content (AvgIpc) is 3.01. The van der Waals surface area contributed by atoms with Crippen LogP contribution in [0.4, 0.5) is 0 Å². The molecule has 1 saturated heterocycles. The van der Waals surface area contributed by atoms with Gasteiger partial charge in [-0.3, -0.25) is 9.59 Å². The first-order valence-corrected chi connectivity index (χ1v) is 9.39. The highest BCUT2D eigenvalue weighted by Gasteiger charge is 2.41. The number of carbonyl (C=O) groups is 3. The topological polar surface area (TPSA) is 95.5 Å². The van der Waals surface area contributed by atoms with Crippen molar-refractivity contribution >= 4 is 40.9 Å². The Morgan fingerprint density at radius 2 is 2.04 bits per heavy atom. The van der Waals surface area contributed by atoms with Gasteiger partial charge >= 0.3 is 5.97 Å². The van der Waals surface area contributed by atoms with Gasteiger partial charge < -0.3 is 15.7 Å². The van der Waals surface area contributed by atoms with Crippen LogP contribution in [0.5, 0.6) is 0 Å². The molecule has 2 heterocycles. The third-order valence-corrected chi connectivity index (χ3v) is 5.76. The Balaban J connectivity index is 2.06. The van der Waals surface area contributed by atoms with E-state index >= 15 is 0 Å². The van der Waals surface area contributed by atoms with Crippen molar-refractivity contribution in [1.29, 1.82) is 0 Å². The minimum absolute atomic E-state index is 0.0300. The maximum atomic E-state index is 12.4. The highest BCUT2D eigenvalue weighted by molar-refractivity contribution is 7.99. The van der Waals surface area contributed by atoms with Crippen LogP contribution in [0.15, 0.2) is 17.5 Å². The summed E-state index contributed by atoms with van der Waals surface area (Å²) in [7, 11) is 0. The summed E-state index contributed by atoms with van der Waals surface area (Å²) in [5.41, 5.74) is -1.18. The van der Waals surface area contributed by atoms with Crippen molar-refractivity contribution in [2.24, 2.45) is 0 Å². The highest BCUT2D eigenvalue weighted by Crippen LogP contribution is 2.28. The summed E-state index contributed by atoms with van der Waals surface area (Å²) in [6, 6.07) is 3.27. The highest BCUT2D eigenvalue weighted by atomic mass is 32.2. The molecule has 6 nitrogen and oxygen atoms in total. The summed E-state index contributed by atoms with van der Waals surface area (Å²) < 4.78 is 0. The van der Waals surface area contributed by atoms with Crippen molar-refractivity contribution in [1.82, 2.24) is 10.6 Å². The van der Waals surface area contributed by atoms with Gasteiger partial charge in [0.1, 0.15) is 5.54 Å². The molecule has 1 atom stereocenters. The van der Waals surface area contributed by atoms with Crippen molar-refractivity contribution < 1.29 is 19.5 Å². The van der Waals surface area contributed by atoms with Crippen LogP contribution in [0.3, 0.4) is 0 Å². The normalized spacial score (nSPS) is 18.0. The van der Waals surface area contributed by atoms with Gasteiger partial charge in [0.25, 0.3) is 0 Å². The molecule has 0 radical (unpaired) electrons. The van der Waals surface area contributed by atoms with E-state index in [1.54, 1.807) is 11.8 Å². The number of rotatable bonds is 6. The van der Waals surface area contributed by atoms with Gasteiger partial charge in [-0.1, -0.05) is 6.07 Å². The first-order valence-electron chi connectivity index (χ1n) is 7.35. The molecule has 0 aliphatic carbocycles. The van der Waals surface area contributed by atoms with Gasteiger partial charge in [0.05, 0.1) is 12.5 Å². The molecule has 0 bridgehead atoms. The van der Waals surface area contributed by atoms with Gasteiger partial charge in [0.2, 0.25) is 11.8 Å². The Bertz CT molecular complexity index is 568. The maximum absolute atomic E-state index is 12.4. The molecule has 1 aliphatic heterocycles. The Morgan fingerprint density at radius 1 is 1.35 bits per heavy atom. The Hall–Kier alpha value is -1.54. The molecular weight excluding hydrogens is 336 g/mol. The van der Waals surface area contributed by atoms with E-state index in [0.717, 1.165) is 4.88 Å². The van der Waals surface area contributed by atoms with Gasteiger partial charge in [0.15, 0.2) is 0 Å². The van der Waals surface area contributed by atoms with Crippen LogP contribution >= 0.6 is 23.1 Å². The van der Waals surface area contributed by atoms with Gasteiger partial charge in [-0.05, 0) is 35.8 Å². The van der Waals surface area contributed by atoms with Crippen LogP contribution in [-0.2, 0) is 14.4 Å². The lowest BCUT2D eigenvalue weighted by Gasteiger charge is -2.34. The number of carboxylic acids is 1. The molecule has 0 spiro atoms. The van der Waals surface area contributed by atoms with Gasteiger partial charge in [-0.2, -0.15) is 11.8 Å². The molecule has 0 aromatic carbocycles. The Labute approximate surface area is 143 Å². The summed E-state index contributed by atoms with van der Waals surface area (Å²) >= 11 is 3.14. The Kier molecular flexibility index (Phi) is 6.06. The molecule has 1 aromatic heterocycles. The van der Waals surface area contributed by atoms with E-state index in [9.17, 15) is 19.5 Å². The monoisotopic (exact) mass is 356 g/mol. The molecule has 1 aromatic rings. The molecule has 8 heteroatoms. The summed E-state index contributed by atoms with van der Waals surface area (Å²) in [4.78, 5) is 36.2. The molecule has 23 heavy (non-hydrogen) atoms. The SMILES string of the molecule is CC(=O)NC(CC(=O)NC1(C(=O)O)CCSCC1)c1cccs1. The second-order valence-electron chi connectivity index (χ2n) is 5.52. The smallest absolute Gasteiger partial charge is 0.329 e.